The third-order valence-corrected chi connectivity index (χ3v) is 7.88. The average Bonchev–Trinajstić information content (AvgIpc) is 3.17. The van der Waals surface area contributed by atoms with Gasteiger partial charge in [-0.1, -0.05) is 24.3 Å². The van der Waals surface area contributed by atoms with Crippen molar-refractivity contribution < 1.29 is 28.2 Å². The number of aliphatic hydroxyl groups is 1. The van der Waals surface area contributed by atoms with Gasteiger partial charge in [0.05, 0.1) is 17.7 Å². The third-order valence-electron chi connectivity index (χ3n) is 7.46. The number of fused-ring (bicyclic) bond motifs is 1. The summed E-state index contributed by atoms with van der Waals surface area (Å²) in [7, 11) is 0. The number of hydrogen-bond donors (Lipinski definition) is 3. The molecule has 0 radical (unpaired) electrons. The average molecular weight is 528 g/mol. The summed E-state index contributed by atoms with van der Waals surface area (Å²) in [6.45, 7) is 2.26. The van der Waals surface area contributed by atoms with E-state index in [-0.39, 0.29) is 12.3 Å². The molecule has 1 aromatic heterocycles. The molecular weight excluding hydrogens is 495 g/mol. The predicted molar refractivity (Wildman–Crippen MR) is 132 cm³/mol. The maximum absolute atomic E-state index is 13.4. The van der Waals surface area contributed by atoms with Crippen LogP contribution >= 0.6 is 11.6 Å². The third kappa shape index (κ3) is 6.61. The van der Waals surface area contributed by atoms with Crippen molar-refractivity contribution >= 4 is 23.4 Å². The Morgan fingerprint density at radius 3 is 2.89 bits per heavy atom. The van der Waals surface area contributed by atoms with E-state index in [2.05, 4.69) is 17.4 Å². The van der Waals surface area contributed by atoms with E-state index in [1.54, 1.807) is 0 Å². The standard InChI is InChI=1S/C26H33ClF3N3O3/c27-22-8-6-17(14-21(22)26(28,29)30)19(15-23(34)35)13-18-9-12-33(25(18)36)11-2-4-20-7-5-16-3-1-10-31-24(16)32-20/h5-8,14,18-19,21-22,25,36H,1-4,9-13,15H2,(H,31,32)(H,34,35)/t18-,19-,21?,22?,25?/m1/s1. The molecule has 0 bridgehead atoms. The number of aromatic nitrogens is 1. The van der Waals surface area contributed by atoms with Crippen LogP contribution in [0, 0.1) is 17.8 Å². The van der Waals surface area contributed by atoms with Gasteiger partial charge in [-0.25, -0.2) is 4.98 Å². The molecule has 0 aromatic carbocycles. The summed E-state index contributed by atoms with van der Waals surface area (Å²) in [6, 6.07) is 4.17. The van der Waals surface area contributed by atoms with Crippen LogP contribution in [0.15, 0.2) is 35.9 Å². The number of aliphatic hydroxyl groups excluding tert-OH is 1. The van der Waals surface area contributed by atoms with Gasteiger partial charge in [0.15, 0.2) is 0 Å². The molecule has 1 fully saturated rings. The number of carboxylic acid groups (broad SMARTS) is 1. The van der Waals surface area contributed by atoms with E-state index in [1.807, 2.05) is 4.90 Å². The number of aliphatic carboxylic acids is 1. The number of likely N-dealkylation sites (tertiary alicyclic amines) is 1. The van der Waals surface area contributed by atoms with Gasteiger partial charge in [0.25, 0.3) is 0 Å². The number of carboxylic acids is 1. The van der Waals surface area contributed by atoms with E-state index in [1.165, 1.54) is 17.7 Å². The Labute approximate surface area is 214 Å². The lowest BCUT2D eigenvalue weighted by molar-refractivity contribution is -0.159. The molecule has 10 heteroatoms. The van der Waals surface area contributed by atoms with Crippen LogP contribution in [0.3, 0.4) is 0 Å². The molecule has 198 valence electrons. The lowest BCUT2D eigenvalue weighted by Gasteiger charge is -2.29. The van der Waals surface area contributed by atoms with E-state index < -0.39 is 35.6 Å². The molecule has 5 atom stereocenters. The normalized spacial score (nSPS) is 27.3. The van der Waals surface area contributed by atoms with Crippen molar-refractivity contribution in [1.29, 1.82) is 0 Å². The lowest BCUT2D eigenvalue weighted by Crippen LogP contribution is -2.35. The lowest BCUT2D eigenvalue weighted by atomic mass is 9.81. The summed E-state index contributed by atoms with van der Waals surface area (Å²) < 4.78 is 40.2. The number of carbonyl (C=O) groups is 1. The summed E-state index contributed by atoms with van der Waals surface area (Å²) in [5, 5.41) is 22.4. The van der Waals surface area contributed by atoms with Gasteiger partial charge in [-0.3, -0.25) is 9.69 Å². The molecule has 3 aliphatic rings. The number of aryl methyl sites for hydroxylation is 2. The zero-order chi connectivity index (χ0) is 25.9. The molecule has 0 amide bonds. The Morgan fingerprint density at radius 2 is 2.14 bits per heavy atom. The zero-order valence-electron chi connectivity index (χ0n) is 20.1. The van der Waals surface area contributed by atoms with Gasteiger partial charge in [0.1, 0.15) is 12.0 Å². The number of rotatable bonds is 9. The second-order valence-electron chi connectivity index (χ2n) is 10.0. The minimum atomic E-state index is -4.51. The Bertz CT molecular complexity index is 1000. The largest absolute Gasteiger partial charge is 0.481 e. The number of pyridine rings is 1. The fourth-order valence-corrected chi connectivity index (χ4v) is 5.79. The minimum absolute atomic E-state index is 0.215. The van der Waals surface area contributed by atoms with Gasteiger partial charge < -0.3 is 15.5 Å². The van der Waals surface area contributed by atoms with Crippen LogP contribution in [0.1, 0.15) is 43.4 Å². The van der Waals surface area contributed by atoms with E-state index in [0.717, 1.165) is 49.8 Å². The monoisotopic (exact) mass is 527 g/mol. The molecule has 3 unspecified atom stereocenters. The van der Waals surface area contributed by atoms with Crippen molar-refractivity contribution in [2.24, 2.45) is 17.8 Å². The highest BCUT2D eigenvalue weighted by Crippen LogP contribution is 2.40. The van der Waals surface area contributed by atoms with Crippen LogP contribution in [0.25, 0.3) is 0 Å². The number of nitrogens with zero attached hydrogens (tertiary/aromatic N) is 2. The van der Waals surface area contributed by atoms with Gasteiger partial charge in [-0.05, 0) is 61.6 Å². The SMILES string of the molecule is O=C(O)C[C@@H](C[C@H]1CCN(CCCc2ccc3c(n2)NCCC3)C1O)C1=CC(C(F)(F)F)C(Cl)C=C1. The molecule has 0 saturated carbocycles. The molecule has 3 heterocycles. The molecule has 1 aromatic rings. The zero-order valence-corrected chi connectivity index (χ0v) is 20.8. The van der Waals surface area contributed by atoms with Gasteiger partial charge in [0.2, 0.25) is 0 Å². The van der Waals surface area contributed by atoms with E-state index >= 15 is 0 Å². The maximum atomic E-state index is 13.4. The molecule has 36 heavy (non-hydrogen) atoms. The Hall–Kier alpha value is -2.10. The van der Waals surface area contributed by atoms with Crippen LogP contribution < -0.4 is 5.32 Å². The summed E-state index contributed by atoms with van der Waals surface area (Å²) in [4.78, 5) is 18.2. The molecule has 0 spiro atoms. The van der Waals surface area contributed by atoms with Crippen LogP contribution in [-0.4, -0.2) is 63.5 Å². The molecule has 1 saturated heterocycles. The quantitative estimate of drug-likeness (QED) is 0.401. The molecule has 4 rings (SSSR count). The summed E-state index contributed by atoms with van der Waals surface area (Å²) in [5.74, 6) is -2.81. The number of halogens is 4. The van der Waals surface area contributed by atoms with Crippen molar-refractivity contribution in [3.63, 3.8) is 0 Å². The van der Waals surface area contributed by atoms with Crippen molar-refractivity contribution in [1.82, 2.24) is 9.88 Å². The molecular formula is C26H33ClF3N3O3. The highest BCUT2D eigenvalue weighted by atomic mass is 35.5. The summed E-state index contributed by atoms with van der Waals surface area (Å²) in [6.07, 6.45) is 2.99. The highest BCUT2D eigenvalue weighted by Gasteiger charge is 2.44. The predicted octanol–water partition coefficient (Wildman–Crippen LogP) is 4.78. The van der Waals surface area contributed by atoms with Gasteiger partial charge in [0, 0.05) is 31.2 Å². The maximum Gasteiger partial charge on any atom is 0.396 e. The van der Waals surface area contributed by atoms with E-state index in [4.69, 9.17) is 16.6 Å². The van der Waals surface area contributed by atoms with Gasteiger partial charge in [-0.2, -0.15) is 13.2 Å². The number of hydrogen-bond acceptors (Lipinski definition) is 5. The second-order valence-corrected chi connectivity index (χ2v) is 10.5. The molecule has 1 aliphatic carbocycles. The summed E-state index contributed by atoms with van der Waals surface area (Å²) >= 11 is 5.86. The number of anilines is 1. The summed E-state index contributed by atoms with van der Waals surface area (Å²) in [5.41, 5.74) is 2.57. The van der Waals surface area contributed by atoms with Crippen molar-refractivity contribution in [3.05, 3.63) is 47.2 Å². The Balaban J connectivity index is 1.34. The first kappa shape index (κ1) is 26.9. The smallest absolute Gasteiger partial charge is 0.396 e. The van der Waals surface area contributed by atoms with Crippen LogP contribution in [0.2, 0.25) is 0 Å². The van der Waals surface area contributed by atoms with Crippen molar-refractivity contribution in [2.75, 3.05) is 25.0 Å². The van der Waals surface area contributed by atoms with Crippen LogP contribution in [0.5, 0.6) is 0 Å². The van der Waals surface area contributed by atoms with Gasteiger partial charge in [-0.15, -0.1) is 11.6 Å². The number of allylic oxidation sites excluding steroid dienone is 4. The molecule has 6 nitrogen and oxygen atoms in total. The first-order valence-electron chi connectivity index (χ1n) is 12.6. The number of nitrogens with one attached hydrogen (secondary N) is 1. The molecule has 2 aliphatic heterocycles. The first-order valence-corrected chi connectivity index (χ1v) is 13.0. The van der Waals surface area contributed by atoms with E-state index in [0.29, 0.717) is 31.5 Å². The fraction of sp³-hybridized carbons (Fsp3) is 0.615. The molecule has 3 N–H and O–H groups in total. The number of alkyl halides is 4. The highest BCUT2D eigenvalue weighted by molar-refractivity contribution is 6.22. The first-order chi connectivity index (χ1) is 17.1. The van der Waals surface area contributed by atoms with Gasteiger partial charge >= 0.3 is 12.1 Å². The van der Waals surface area contributed by atoms with Crippen LogP contribution in [0.4, 0.5) is 19.0 Å². The minimum Gasteiger partial charge on any atom is -0.481 e. The Morgan fingerprint density at radius 1 is 1.33 bits per heavy atom. The Kier molecular flexibility index (Phi) is 8.63. The van der Waals surface area contributed by atoms with Crippen LogP contribution in [-0.2, 0) is 17.6 Å². The fourth-order valence-electron chi connectivity index (χ4n) is 5.50. The topological polar surface area (TPSA) is 85.7 Å². The van der Waals surface area contributed by atoms with Crippen molar-refractivity contribution in [3.8, 4) is 0 Å². The van der Waals surface area contributed by atoms with E-state index in [9.17, 15) is 28.2 Å². The second kappa shape index (κ2) is 11.5. The van der Waals surface area contributed by atoms with Crippen molar-refractivity contribution in [2.45, 2.75) is 62.7 Å².